The predicted molar refractivity (Wildman–Crippen MR) is 103 cm³/mol. The van der Waals surface area contributed by atoms with E-state index in [1.54, 1.807) is 42.5 Å². The number of ether oxygens (including phenoxy) is 1. The Balaban J connectivity index is 0.00000151. The molecule has 2 aromatic rings. The SMILES string of the molecule is CCCOC(=O)C(C(=O)c1c(Cl)cccc1Cl)c1ccccc1.O=[PH3]. The van der Waals surface area contributed by atoms with Crippen molar-refractivity contribution in [2.24, 2.45) is 0 Å². The molecule has 0 amide bonds. The standard InChI is InChI=1S/C18H16Cl2O3.H3OP/c1-2-11-23-18(22)15(12-7-4-3-5-8-12)17(21)16-13(19)9-6-10-14(16)20;1-2/h3-10,15H,2,11H2,1H3;2H3. The van der Waals surface area contributed by atoms with Gasteiger partial charge in [-0.05, 0) is 24.1 Å². The zero-order valence-electron chi connectivity index (χ0n) is 13.7. The maximum absolute atomic E-state index is 12.9. The Kier molecular flexibility index (Phi) is 9.51. The lowest BCUT2D eigenvalue weighted by atomic mass is 9.90. The highest BCUT2D eigenvalue weighted by atomic mass is 35.5. The van der Waals surface area contributed by atoms with E-state index < -0.39 is 17.7 Å². The van der Waals surface area contributed by atoms with Crippen LogP contribution in [0.1, 0.15) is 35.2 Å². The minimum atomic E-state index is -1.08. The minimum absolute atomic E-state index is 0.137. The quantitative estimate of drug-likeness (QED) is 0.301. The van der Waals surface area contributed by atoms with Crippen LogP contribution < -0.4 is 0 Å². The summed E-state index contributed by atoms with van der Waals surface area (Å²) in [6.07, 6.45) is 0.675. The van der Waals surface area contributed by atoms with E-state index in [9.17, 15) is 9.59 Å². The third-order valence-electron chi connectivity index (χ3n) is 3.29. The van der Waals surface area contributed by atoms with Gasteiger partial charge in [-0.15, -0.1) is 0 Å². The molecular formula is C18H19Cl2O4P. The Hall–Kier alpha value is -1.61. The first-order chi connectivity index (χ1) is 12.1. The first kappa shape index (κ1) is 21.4. The first-order valence-corrected chi connectivity index (χ1v) is 8.88. The molecule has 134 valence electrons. The van der Waals surface area contributed by atoms with Crippen molar-refractivity contribution in [1.29, 1.82) is 0 Å². The number of carbonyl (C=O) groups excluding carboxylic acids is 2. The van der Waals surface area contributed by atoms with Crippen molar-refractivity contribution in [3.05, 3.63) is 69.7 Å². The summed E-state index contributed by atoms with van der Waals surface area (Å²) in [5.74, 6) is -2.15. The number of esters is 1. The summed E-state index contributed by atoms with van der Waals surface area (Å²) < 4.78 is 13.5. The Morgan fingerprint density at radius 2 is 1.56 bits per heavy atom. The molecule has 0 radical (unpaired) electrons. The van der Waals surface area contributed by atoms with E-state index in [1.807, 2.05) is 13.0 Å². The maximum Gasteiger partial charge on any atom is 0.321 e. The molecule has 0 heterocycles. The lowest BCUT2D eigenvalue weighted by molar-refractivity contribution is -0.144. The molecule has 0 saturated carbocycles. The molecule has 0 N–H and O–H groups in total. The molecule has 0 aliphatic heterocycles. The van der Waals surface area contributed by atoms with Crippen molar-refractivity contribution in [2.75, 3.05) is 6.61 Å². The van der Waals surface area contributed by atoms with Gasteiger partial charge < -0.3 is 9.30 Å². The summed E-state index contributed by atoms with van der Waals surface area (Å²) in [6.45, 7) is 2.14. The topological polar surface area (TPSA) is 60.4 Å². The third kappa shape index (κ3) is 5.71. The van der Waals surface area contributed by atoms with Gasteiger partial charge >= 0.3 is 5.97 Å². The Labute approximate surface area is 158 Å². The van der Waals surface area contributed by atoms with Crippen LogP contribution in [0.3, 0.4) is 0 Å². The van der Waals surface area contributed by atoms with Crippen molar-refractivity contribution in [1.82, 2.24) is 0 Å². The normalized spacial score (nSPS) is 11.2. The molecule has 25 heavy (non-hydrogen) atoms. The molecule has 4 nitrogen and oxygen atoms in total. The number of rotatable bonds is 6. The lowest BCUT2D eigenvalue weighted by Gasteiger charge is -2.17. The summed E-state index contributed by atoms with van der Waals surface area (Å²) in [6, 6.07) is 13.5. The second-order valence-corrected chi connectivity index (χ2v) is 5.79. The number of halogens is 2. The average molecular weight is 401 g/mol. The van der Waals surface area contributed by atoms with Gasteiger partial charge in [0.05, 0.1) is 31.3 Å². The number of carbonyl (C=O) groups is 2. The van der Waals surface area contributed by atoms with Crippen LogP contribution in [0.5, 0.6) is 0 Å². The molecule has 2 unspecified atom stereocenters. The van der Waals surface area contributed by atoms with Gasteiger partial charge in [0.15, 0.2) is 5.78 Å². The fraction of sp³-hybridized carbons (Fsp3) is 0.222. The van der Waals surface area contributed by atoms with Crippen LogP contribution in [0.15, 0.2) is 48.5 Å². The van der Waals surface area contributed by atoms with Gasteiger partial charge in [-0.3, -0.25) is 9.59 Å². The summed E-state index contributed by atoms with van der Waals surface area (Å²) in [7, 11) is 0.611. The highest BCUT2D eigenvalue weighted by Gasteiger charge is 2.33. The molecule has 0 bridgehead atoms. The largest absolute Gasteiger partial charge is 0.465 e. The molecule has 2 rings (SSSR count). The second kappa shape index (κ2) is 11.1. The van der Waals surface area contributed by atoms with E-state index in [-0.39, 0.29) is 22.2 Å². The summed E-state index contributed by atoms with van der Waals surface area (Å²) in [5.41, 5.74) is 0.688. The van der Waals surface area contributed by atoms with E-state index in [1.165, 1.54) is 0 Å². The highest BCUT2D eigenvalue weighted by Crippen LogP contribution is 2.31. The molecule has 2 aromatic carbocycles. The zero-order valence-corrected chi connectivity index (χ0v) is 16.6. The van der Waals surface area contributed by atoms with Gasteiger partial charge in [-0.2, -0.15) is 0 Å². The predicted octanol–water partition coefficient (Wildman–Crippen LogP) is 4.85. The van der Waals surface area contributed by atoms with Gasteiger partial charge in [0.25, 0.3) is 0 Å². The molecular weight excluding hydrogens is 382 g/mol. The third-order valence-corrected chi connectivity index (χ3v) is 3.92. The average Bonchev–Trinajstić information content (AvgIpc) is 2.62. The zero-order chi connectivity index (χ0) is 18.8. The van der Waals surface area contributed by atoms with Gasteiger partial charge in [0.2, 0.25) is 0 Å². The summed E-state index contributed by atoms with van der Waals surface area (Å²) in [5, 5.41) is 0.429. The summed E-state index contributed by atoms with van der Waals surface area (Å²) >= 11 is 12.2. The Morgan fingerprint density at radius 3 is 2.08 bits per heavy atom. The van der Waals surface area contributed by atoms with Crippen molar-refractivity contribution >= 4 is 44.1 Å². The molecule has 0 aliphatic carbocycles. The van der Waals surface area contributed by atoms with Crippen LogP contribution in [0.2, 0.25) is 10.0 Å². The van der Waals surface area contributed by atoms with E-state index in [0.29, 0.717) is 21.1 Å². The molecule has 0 aliphatic rings. The number of ketones is 1. The van der Waals surface area contributed by atoms with E-state index in [4.69, 9.17) is 32.5 Å². The first-order valence-electron chi connectivity index (χ1n) is 7.55. The summed E-state index contributed by atoms with van der Waals surface area (Å²) in [4.78, 5) is 25.3. The van der Waals surface area contributed by atoms with Crippen molar-refractivity contribution in [3.63, 3.8) is 0 Å². The van der Waals surface area contributed by atoms with Crippen molar-refractivity contribution in [2.45, 2.75) is 19.3 Å². The van der Waals surface area contributed by atoms with E-state index in [2.05, 4.69) is 0 Å². The lowest BCUT2D eigenvalue weighted by Crippen LogP contribution is -2.25. The van der Waals surface area contributed by atoms with E-state index >= 15 is 0 Å². The van der Waals surface area contributed by atoms with Crippen LogP contribution in [0.4, 0.5) is 0 Å². The van der Waals surface area contributed by atoms with Crippen molar-refractivity contribution in [3.8, 4) is 0 Å². The van der Waals surface area contributed by atoms with Crippen molar-refractivity contribution < 1.29 is 18.9 Å². The van der Waals surface area contributed by atoms with Gasteiger partial charge in [0.1, 0.15) is 5.92 Å². The van der Waals surface area contributed by atoms with Gasteiger partial charge in [0, 0.05) is 0 Å². The minimum Gasteiger partial charge on any atom is -0.465 e. The number of Topliss-reactive ketones (excluding diaryl/α,β-unsaturated/α-hetero) is 1. The number of hydrogen-bond acceptors (Lipinski definition) is 4. The maximum atomic E-state index is 12.9. The fourth-order valence-corrected chi connectivity index (χ4v) is 2.79. The second-order valence-electron chi connectivity index (χ2n) is 4.97. The molecule has 0 aromatic heterocycles. The highest BCUT2D eigenvalue weighted by molar-refractivity contribution is 7.00. The van der Waals surface area contributed by atoms with Gasteiger partial charge in [-0.1, -0.05) is 66.5 Å². The Morgan fingerprint density at radius 1 is 1.00 bits per heavy atom. The molecule has 0 spiro atoms. The smallest absolute Gasteiger partial charge is 0.321 e. The van der Waals surface area contributed by atoms with Crippen LogP contribution in [-0.2, 0) is 14.1 Å². The van der Waals surface area contributed by atoms with Crippen LogP contribution in [0, 0.1) is 0 Å². The molecule has 2 atom stereocenters. The number of hydrogen-bond donors (Lipinski definition) is 0. The molecule has 0 fully saturated rings. The van der Waals surface area contributed by atoms with Crippen LogP contribution in [-0.4, -0.2) is 18.4 Å². The molecule has 0 saturated heterocycles. The fourth-order valence-electron chi connectivity index (χ4n) is 2.20. The molecule has 7 heteroatoms. The van der Waals surface area contributed by atoms with Gasteiger partial charge in [-0.25, -0.2) is 0 Å². The monoisotopic (exact) mass is 400 g/mol. The van der Waals surface area contributed by atoms with Crippen LogP contribution in [0.25, 0.3) is 0 Å². The van der Waals surface area contributed by atoms with Crippen LogP contribution >= 0.6 is 32.3 Å². The number of benzene rings is 2. The van der Waals surface area contributed by atoms with E-state index in [0.717, 1.165) is 0 Å². The Bertz CT molecular complexity index is 702.